The molecule has 1 rings (SSSR count). The molecule has 3 N–H and O–H groups in total. The maximum atomic E-state index is 11.5. The normalized spacial score (nSPS) is 10.6. The largest absolute Gasteiger partial charge is 0.464 e. The fourth-order valence-electron chi connectivity index (χ4n) is 1.62. The van der Waals surface area contributed by atoms with E-state index in [4.69, 9.17) is 10.3 Å². The van der Waals surface area contributed by atoms with Gasteiger partial charge in [0.05, 0.1) is 18.7 Å². The van der Waals surface area contributed by atoms with Crippen LogP contribution in [-0.4, -0.2) is 49.3 Å². The number of likely N-dealkylation sites (N-methyl/N-ethyl adjacent to an activating group) is 2. The summed E-state index contributed by atoms with van der Waals surface area (Å²) < 4.78 is 5.47. The SMILES string of the molecule is Cc1oc(CN(C)CC(=O)N(C)C)cc1C(=O)NN. The monoisotopic (exact) mass is 268 g/mol. The highest BCUT2D eigenvalue weighted by Crippen LogP contribution is 2.15. The van der Waals surface area contributed by atoms with Crippen LogP contribution in [0.1, 0.15) is 21.9 Å². The molecular weight excluding hydrogens is 248 g/mol. The van der Waals surface area contributed by atoms with E-state index in [-0.39, 0.29) is 18.4 Å². The van der Waals surface area contributed by atoms with E-state index in [0.717, 1.165) is 0 Å². The molecule has 0 saturated carbocycles. The minimum Gasteiger partial charge on any atom is -0.464 e. The number of nitrogens with zero attached hydrogens (tertiary/aromatic N) is 2. The predicted octanol–water partition coefficient (Wildman–Crippen LogP) is -0.288. The molecule has 0 aliphatic heterocycles. The molecule has 106 valence electrons. The molecule has 0 bridgehead atoms. The van der Waals surface area contributed by atoms with Crippen LogP contribution in [0.3, 0.4) is 0 Å². The van der Waals surface area contributed by atoms with E-state index in [1.165, 1.54) is 4.90 Å². The topological polar surface area (TPSA) is 91.8 Å². The van der Waals surface area contributed by atoms with Gasteiger partial charge in [-0.05, 0) is 20.0 Å². The second-order valence-electron chi connectivity index (χ2n) is 4.62. The minimum atomic E-state index is -0.389. The number of nitrogen functional groups attached to an aromatic ring is 1. The second-order valence-corrected chi connectivity index (χ2v) is 4.62. The summed E-state index contributed by atoms with van der Waals surface area (Å²) in [5, 5.41) is 0. The zero-order valence-corrected chi connectivity index (χ0v) is 11.7. The molecule has 0 unspecified atom stereocenters. The number of hydrogen-bond acceptors (Lipinski definition) is 5. The van der Waals surface area contributed by atoms with Gasteiger partial charge in [-0.3, -0.25) is 19.9 Å². The van der Waals surface area contributed by atoms with Crippen LogP contribution < -0.4 is 11.3 Å². The molecule has 0 spiro atoms. The Morgan fingerprint density at radius 2 is 2.00 bits per heavy atom. The van der Waals surface area contributed by atoms with Crippen LogP contribution >= 0.6 is 0 Å². The molecular formula is C12H20N4O3. The Hall–Kier alpha value is -1.86. The highest BCUT2D eigenvalue weighted by molar-refractivity contribution is 5.94. The maximum absolute atomic E-state index is 11.5. The summed E-state index contributed by atoms with van der Waals surface area (Å²) in [6, 6.07) is 1.63. The Morgan fingerprint density at radius 3 is 2.53 bits per heavy atom. The van der Waals surface area contributed by atoms with Crippen molar-refractivity contribution in [2.75, 3.05) is 27.7 Å². The second kappa shape index (κ2) is 6.35. The first-order valence-electron chi connectivity index (χ1n) is 5.84. The van der Waals surface area contributed by atoms with Crippen molar-refractivity contribution in [3.63, 3.8) is 0 Å². The van der Waals surface area contributed by atoms with Crippen molar-refractivity contribution in [1.82, 2.24) is 15.2 Å². The van der Waals surface area contributed by atoms with Crippen molar-refractivity contribution in [2.45, 2.75) is 13.5 Å². The minimum absolute atomic E-state index is 0.00528. The van der Waals surface area contributed by atoms with Crippen LogP contribution in [0.5, 0.6) is 0 Å². The molecule has 0 aliphatic carbocycles. The van der Waals surface area contributed by atoms with Crippen molar-refractivity contribution in [3.05, 3.63) is 23.2 Å². The van der Waals surface area contributed by atoms with E-state index in [1.807, 2.05) is 11.9 Å². The van der Waals surface area contributed by atoms with Crippen LogP contribution in [0, 0.1) is 6.92 Å². The summed E-state index contributed by atoms with van der Waals surface area (Å²) in [6.07, 6.45) is 0. The van der Waals surface area contributed by atoms with Gasteiger partial charge in [-0.2, -0.15) is 0 Å². The van der Waals surface area contributed by atoms with Crippen LogP contribution in [0.15, 0.2) is 10.5 Å². The smallest absolute Gasteiger partial charge is 0.268 e. The summed E-state index contributed by atoms with van der Waals surface area (Å²) in [6.45, 7) is 2.42. The number of aryl methyl sites for hydroxylation is 1. The number of furan rings is 1. The van der Waals surface area contributed by atoms with E-state index >= 15 is 0 Å². The predicted molar refractivity (Wildman–Crippen MR) is 70.1 cm³/mol. The van der Waals surface area contributed by atoms with Gasteiger partial charge in [0, 0.05) is 14.1 Å². The van der Waals surface area contributed by atoms with E-state index in [9.17, 15) is 9.59 Å². The molecule has 1 aromatic heterocycles. The van der Waals surface area contributed by atoms with Gasteiger partial charge >= 0.3 is 0 Å². The molecule has 0 saturated heterocycles. The first kappa shape index (κ1) is 15.2. The van der Waals surface area contributed by atoms with E-state index in [0.29, 0.717) is 23.6 Å². The number of hydrogen-bond donors (Lipinski definition) is 2. The Kier molecular flexibility index (Phi) is 5.08. The molecule has 0 aromatic carbocycles. The van der Waals surface area contributed by atoms with Gasteiger partial charge in [-0.1, -0.05) is 0 Å². The fourth-order valence-corrected chi connectivity index (χ4v) is 1.62. The van der Waals surface area contributed by atoms with Crippen molar-refractivity contribution >= 4 is 11.8 Å². The average Bonchev–Trinajstić information content (AvgIpc) is 2.68. The quantitative estimate of drug-likeness (QED) is 0.435. The summed E-state index contributed by atoms with van der Waals surface area (Å²) >= 11 is 0. The van der Waals surface area contributed by atoms with Crippen molar-refractivity contribution in [3.8, 4) is 0 Å². The molecule has 0 fully saturated rings. The lowest BCUT2D eigenvalue weighted by Gasteiger charge is -2.17. The number of carbonyl (C=O) groups excluding carboxylic acids is 2. The third kappa shape index (κ3) is 4.08. The first-order valence-corrected chi connectivity index (χ1v) is 5.84. The highest BCUT2D eigenvalue weighted by Gasteiger charge is 2.16. The highest BCUT2D eigenvalue weighted by atomic mass is 16.3. The number of hydrazine groups is 1. The number of nitrogens with two attached hydrogens (primary N) is 1. The van der Waals surface area contributed by atoms with Crippen LogP contribution in [0.25, 0.3) is 0 Å². The first-order chi connectivity index (χ1) is 8.85. The standard InChI is InChI=1S/C12H20N4O3/c1-8-10(12(18)14-13)5-9(19-8)6-16(4)7-11(17)15(2)3/h5H,6-7,13H2,1-4H3,(H,14,18). The zero-order valence-electron chi connectivity index (χ0n) is 11.7. The molecule has 7 nitrogen and oxygen atoms in total. The fraction of sp³-hybridized carbons (Fsp3) is 0.500. The Bertz CT molecular complexity index is 468. The molecule has 1 aromatic rings. The van der Waals surface area contributed by atoms with Gasteiger partial charge in [0.1, 0.15) is 11.5 Å². The van der Waals surface area contributed by atoms with Gasteiger partial charge in [-0.15, -0.1) is 0 Å². The van der Waals surface area contributed by atoms with Crippen molar-refractivity contribution in [1.29, 1.82) is 0 Å². The summed E-state index contributed by atoms with van der Waals surface area (Å²) in [5.74, 6) is 5.82. The lowest BCUT2D eigenvalue weighted by atomic mass is 10.2. The lowest BCUT2D eigenvalue weighted by molar-refractivity contribution is -0.129. The Balaban J connectivity index is 2.67. The molecule has 0 radical (unpaired) electrons. The Labute approximate surface area is 112 Å². The summed E-state index contributed by atoms with van der Waals surface area (Å²) in [4.78, 5) is 26.3. The number of carbonyl (C=O) groups is 2. The molecule has 0 atom stereocenters. The third-order valence-corrected chi connectivity index (χ3v) is 2.67. The van der Waals surface area contributed by atoms with Gasteiger partial charge in [0.15, 0.2) is 0 Å². The lowest BCUT2D eigenvalue weighted by Crippen LogP contribution is -2.34. The van der Waals surface area contributed by atoms with E-state index in [2.05, 4.69) is 5.43 Å². The number of rotatable bonds is 5. The zero-order chi connectivity index (χ0) is 14.6. The maximum Gasteiger partial charge on any atom is 0.268 e. The number of amides is 2. The van der Waals surface area contributed by atoms with Crippen LogP contribution in [-0.2, 0) is 11.3 Å². The summed E-state index contributed by atoms with van der Waals surface area (Å²) in [5.41, 5.74) is 2.47. The van der Waals surface area contributed by atoms with E-state index < -0.39 is 0 Å². The van der Waals surface area contributed by atoms with Crippen molar-refractivity contribution in [2.24, 2.45) is 5.84 Å². The molecule has 0 aliphatic rings. The van der Waals surface area contributed by atoms with Gasteiger partial charge < -0.3 is 9.32 Å². The Morgan fingerprint density at radius 1 is 1.37 bits per heavy atom. The summed E-state index contributed by atoms with van der Waals surface area (Å²) in [7, 11) is 5.22. The molecule has 1 heterocycles. The van der Waals surface area contributed by atoms with Crippen LogP contribution in [0.2, 0.25) is 0 Å². The van der Waals surface area contributed by atoms with Gasteiger partial charge in [0.25, 0.3) is 5.91 Å². The number of nitrogens with one attached hydrogen (secondary N) is 1. The molecule has 19 heavy (non-hydrogen) atoms. The third-order valence-electron chi connectivity index (χ3n) is 2.67. The van der Waals surface area contributed by atoms with Crippen LogP contribution in [0.4, 0.5) is 0 Å². The van der Waals surface area contributed by atoms with E-state index in [1.54, 1.807) is 27.1 Å². The average molecular weight is 268 g/mol. The van der Waals surface area contributed by atoms with Gasteiger partial charge in [0.2, 0.25) is 5.91 Å². The molecule has 2 amide bonds. The van der Waals surface area contributed by atoms with Gasteiger partial charge in [-0.25, -0.2) is 5.84 Å². The van der Waals surface area contributed by atoms with Crippen molar-refractivity contribution < 1.29 is 14.0 Å². The molecule has 7 heteroatoms.